The Bertz CT molecular complexity index is 1660. The summed E-state index contributed by atoms with van der Waals surface area (Å²) in [6.07, 6.45) is -5.43. The van der Waals surface area contributed by atoms with Crippen LogP contribution in [-0.4, -0.2) is 28.2 Å². The van der Waals surface area contributed by atoms with E-state index in [0.717, 1.165) is 5.32 Å². The summed E-state index contributed by atoms with van der Waals surface area (Å²) >= 11 is 30.5. The van der Waals surface area contributed by atoms with Crippen LogP contribution in [0.3, 0.4) is 0 Å². The van der Waals surface area contributed by atoms with Gasteiger partial charge in [-0.1, -0.05) is 34.8 Å². The summed E-state index contributed by atoms with van der Waals surface area (Å²) in [6.45, 7) is 0. The van der Waals surface area contributed by atoms with Gasteiger partial charge in [0.15, 0.2) is 11.6 Å². The summed E-state index contributed by atoms with van der Waals surface area (Å²) in [5.74, 6) is -13.7. The lowest BCUT2D eigenvalue weighted by Crippen LogP contribution is -2.30. The molecule has 0 bridgehead atoms. The van der Waals surface area contributed by atoms with Crippen LogP contribution in [0.25, 0.3) is 0 Å². The monoisotopic (exact) mass is 709 g/mol. The molecular formula is C25H11Cl5F7N3O3. The van der Waals surface area contributed by atoms with Crippen LogP contribution in [0.5, 0.6) is 0 Å². The topological polar surface area (TPSA) is 87.3 Å². The smallest absolute Gasteiger partial charge is 0.326 e. The highest BCUT2D eigenvalue weighted by Gasteiger charge is 2.67. The average Bonchev–Trinajstić information content (AvgIpc) is 3.48. The fraction of sp³-hybridized carbons (Fsp3) is 0.160. The van der Waals surface area contributed by atoms with Crippen LogP contribution in [0.1, 0.15) is 21.8 Å². The number of nitrogens with one attached hydrogen (secondary N) is 3. The molecule has 3 aromatic carbocycles. The lowest BCUT2D eigenvalue weighted by molar-refractivity contribution is -0.167. The van der Waals surface area contributed by atoms with E-state index in [-0.39, 0.29) is 27.2 Å². The van der Waals surface area contributed by atoms with E-state index < -0.39 is 86.0 Å². The van der Waals surface area contributed by atoms with Gasteiger partial charge in [-0.3, -0.25) is 14.4 Å². The van der Waals surface area contributed by atoms with Gasteiger partial charge in [0.25, 0.3) is 5.91 Å². The largest absolute Gasteiger partial charge is 0.471 e. The highest BCUT2D eigenvalue weighted by atomic mass is 35.5. The van der Waals surface area contributed by atoms with Crippen molar-refractivity contribution in [2.24, 2.45) is 5.92 Å². The van der Waals surface area contributed by atoms with Crippen LogP contribution in [0.15, 0.2) is 36.4 Å². The second-order valence-electron chi connectivity index (χ2n) is 8.96. The number of carbonyl (C=O) groups excluding carboxylic acids is 3. The molecule has 1 fully saturated rings. The summed E-state index contributed by atoms with van der Waals surface area (Å²) in [5.41, 5.74) is -3.44. The zero-order valence-electron chi connectivity index (χ0n) is 20.4. The van der Waals surface area contributed by atoms with Crippen molar-refractivity contribution >= 4 is 92.8 Å². The van der Waals surface area contributed by atoms with Gasteiger partial charge in [0.1, 0.15) is 16.0 Å². The van der Waals surface area contributed by atoms with Crippen molar-refractivity contribution in [2.45, 2.75) is 16.4 Å². The Kier molecular flexibility index (Phi) is 9.07. The molecule has 3 aromatic rings. The molecule has 18 heteroatoms. The first kappa shape index (κ1) is 32.9. The number of carbonyl (C=O) groups is 3. The van der Waals surface area contributed by atoms with Gasteiger partial charge in [0.05, 0.1) is 37.9 Å². The van der Waals surface area contributed by atoms with E-state index in [1.807, 2.05) is 0 Å². The fourth-order valence-electron chi connectivity index (χ4n) is 3.99. The number of anilines is 3. The van der Waals surface area contributed by atoms with Crippen LogP contribution in [-0.2, 0) is 9.59 Å². The summed E-state index contributed by atoms with van der Waals surface area (Å²) in [6, 6.07) is 4.23. The second-order valence-corrected chi connectivity index (χ2v) is 11.6. The van der Waals surface area contributed by atoms with Crippen LogP contribution >= 0.6 is 58.0 Å². The molecule has 0 spiro atoms. The third kappa shape index (κ3) is 6.75. The minimum atomic E-state index is -5.43. The first-order chi connectivity index (χ1) is 19.8. The minimum absolute atomic E-state index is 0.0346. The number of benzene rings is 3. The Morgan fingerprint density at radius 1 is 0.744 bits per heavy atom. The van der Waals surface area contributed by atoms with Gasteiger partial charge >= 0.3 is 12.1 Å². The van der Waals surface area contributed by atoms with E-state index in [1.54, 1.807) is 5.32 Å². The number of halogens is 12. The average molecular weight is 712 g/mol. The maximum absolute atomic E-state index is 14.5. The molecule has 1 saturated carbocycles. The lowest BCUT2D eigenvalue weighted by Gasteiger charge is -2.13. The van der Waals surface area contributed by atoms with E-state index in [0.29, 0.717) is 17.7 Å². The van der Waals surface area contributed by atoms with Crippen molar-refractivity contribution in [3.8, 4) is 0 Å². The Hall–Kier alpha value is -2.97. The summed E-state index contributed by atoms with van der Waals surface area (Å²) < 4.78 is 93.0. The molecule has 228 valence electrons. The van der Waals surface area contributed by atoms with Crippen LogP contribution in [0, 0.1) is 29.2 Å². The number of hydrogen-bond acceptors (Lipinski definition) is 3. The van der Waals surface area contributed by atoms with Gasteiger partial charge in [-0.15, -0.1) is 23.2 Å². The fourth-order valence-corrected chi connectivity index (χ4v) is 5.43. The quantitative estimate of drug-likeness (QED) is 0.136. The molecule has 0 aliphatic heterocycles. The Balaban J connectivity index is 1.56. The van der Waals surface area contributed by atoms with Crippen molar-refractivity contribution in [2.75, 3.05) is 16.0 Å². The molecule has 3 N–H and O–H groups in total. The molecule has 0 aromatic heterocycles. The predicted molar refractivity (Wildman–Crippen MR) is 146 cm³/mol. The van der Waals surface area contributed by atoms with E-state index in [1.165, 1.54) is 12.1 Å². The number of alkyl halides is 5. The maximum atomic E-state index is 14.5. The van der Waals surface area contributed by atoms with E-state index >= 15 is 0 Å². The standard InChI is InChI=1S/C25H11Cl5F7N3O3/c26-10-1-7(2-11(27)19(10)28)17-18(24(17,29)30)22(42)38-8-3-9(20(34)14(33)4-8)21(41)39-15-6-16(13(32)5-12(15)31)40-23(43)25(35,36)37/h1-6,17-18H,(H,38,42)(H,39,41)(H,40,43)/t17-,18?/m0/s1. The number of rotatable bonds is 6. The van der Waals surface area contributed by atoms with Crippen molar-refractivity contribution in [3.63, 3.8) is 0 Å². The molecule has 0 radical (unpaired) electrons. The second kappa shape index (κ2) is 11.8. The summed E-state index contributed by atoms with van der Waals surface area (Å²) in [5, 5.41) is 5.24. The minimum Gasteiger partial charge on any atom is -0.326 e. The van der Waals surface area contributed by atoms with Gasteiger partial charge in [0.2, 0.25) is 5.91 Å². The molecule has 1 unspecified atom stereocenters. The molecule has 6 nitrogen and oxygen atoms in total. The molecule has 0 saturated heterocycles. The molecule has 43 heavy (non-hydrogen) atoms. The van der Waals surface area contributed by atoms with Crippen molar-refractivity contribution in [1.29, 1.82) is 0 Å². The third-order valence-electron chi connectivity index (χ3n) is 6.05. The Labute approximate surface area is 261 Å². The maximum Gasteiger partial charge on any atom is 0.471 e. The first-order valence-corrected chi connectivity index (χ1v) is 13.2. The van der Waals surface area contributed by atoms with Crippen LogP contribution < -0.4 is 16.0 Å². The van der Waals surface area contributed by atoms with Gasteiger partial charge in [0, 0.05) is 23.7 Å². The lowest BCUT2D eigenvalue weighted by atomic mass is 10.1. The number of amides is 3. The third-order valence-corrected chi connectivity index (χ3v) is 8.19. The van der Waals surface area contributed by atoms with E-state index in [2.05, 4.69) is 5.32 Å². The SMILES string of the molecule is O=C(Nc1cc(NC(=O)C(F)(F)F)c(F)cc1F)c1cc(NC(=O)C2[C@H](c3cc(Cl)c(Cl)c(Cl)c3)C2(Cl)Cl)cc(F)c1F. The molecular weight excluding hydrogens is 701 g/mol. The van der Waals surface area contributed by atoms with Crippen molar-refractivity contribution in [3.05, 3.63) is 85.9 Å². The molecule has 1 aliphatic rings. The summed E-state index contributed by atoms with van der Waals surface area (Å²) in [7, 11) is 0. The molecule has 3 amide bonds. The molecule has 4 rings (SSSR count). The van der Waals surface area contributed by atoms with Gasteiger partial charge < -0.3 is 16.0 Å². The predicted octanol–water partition coefficient (Wildman–Crippen LogP) is 8.48. The van der Waals surface area contributed by atoms with Crippen molar-refractivity contribution in [1.82, 2.24) is 0 Å². The zero-order chi connectivity index (χ0) is 32.2. The highest BCUT2D eigenvalue weighted by molar-refractivity contribution is 6.54. The zero-order valence-corrected chi connectivity index (χ0v) is 24.2. The molecule has 0 heterocycles. The van der Waals surface area contributed by atoms with Gasteiger partial charge in [-0.2, -0.15) is 13.2 Å². The molecule has 2 atom stereocenters. The Morgan fingerprint density at radius 3 is 1.86 bits per heavy atom. The van der Waals surface area contributed by atoms with Crippen molar-refractivity contribution < 1.29 is 45.1 Å². The van der Waals surface area contributed by atoms with Crippen LogP contribution in [0.2, 0.25) is 15.1 Å². The van der Waals surface area contributed by atoms with E-state index in [4.69, 9.17) is 58.0 Å². The van der Waals surface area contributed by atoms with Gasteiger partial charge in [-0.05, 0) is 29.8 Å². The van der Waals surface area contributed by atoms with Crippen LogP contribution in [0.4, 0.5) is 47.8 Å². The normalized spacial score (nSPS) is 17.3. The number of hydrogen-bond donors (Lipinski definition) is 3. The van der Waals surface area contributed by atoms with E-state index in [9.17, 15) is 45.1 Å². The first-order valence-electron chi connectivity index (χ1n) is 11.3. The summed E-state index contributed by atoms with van der Waals surface area (Å²) in [4.78, 5) is 36.8. The highest BCUT2D eigenvalue weighted by Crippen LogP contribution is 2.65. The Morgan fingerprint density at radius 2 is 1.30 bits per heavy atom. The van der Waals surface area contributed by atoms with Gasteiger partial charge in [-0.25, -0.2) is 17.6 Å². The molecule has 1 aliphatic carbocycles.